The molecule has 0 bridgehead atoms. The van der Waals surface area contributed by atoms with E-state index in [0.717, 1.165) is 12.2 Å². The molecule has 0 radical (unpaired) electrons. The molecule has 0 amide bonds. The van der Waals surface area contributed by atoms with Gasteiger partial charge in [0.1, 0.15) is 5.75 Å². The SMILES string of the molecule is Cc1cc(C(N)CCOc2ccccc2)cs1. The van der Waals surface area contributed by atoms with Gasteiger partial charge in [-0.25, -0.2) is 0 Å². The summed E-state index contributed by atoms with van der Waals surface area (Å²) in [5.41, 5.74) is 7.31. The fraction of sp³-hybridized carbons (Fsp3) is 0.286. The van der Waals surface area contributed by atoms with Crippen molar-refractivity contribution in [3.05, 3.63) is 52.2 Å². The van der Waals surface area contributed by atoms with Crippen LogP contribution in [0.5, 0.6) is 5.75 Å². The summed E-state index contributed by atoms with van der Waals surface area (Å²) >= 11 is 1.74. The Kier molecular flexibility index (Phi) is 4.18. The number of nitrogens with two attached hydrogens (primary N) is 1. The number of thiophene rings is 1. The Hall–Kier alpha value is -1.32. The van der Waals surface area contributed by atoms with Crippen molar-refractivity contribution in [2.45, 2.75) is 19.4 Å². The predicted molar refractivity (Wildman–Crippen MR) is 72.5 cm³/mol. The van der Waals surface area contributed by atoms with Gasteiger partial charge in [0.05, 0.1) is 6.61 Å². The summed E-state index contributed by atoms with van der Waals surface area (Å²) in [6.45, 7) is 2.75. The third kappa shape index (κ3) is 3.58. The first-order chi connectivity index (χ1) is 8.25. The average Bonchev–Trinajstić information content (AvgIpc) is 2.77. The highest BCUT2D eigenvalue weighted by atomic mass is 32.1. The minimum atomic E-state index is 0.0728. The van der Waals surface area contributed by atoms with Crippen LogP contribution in [-0.4, -0.2) is 6.61 Å². The zero-order valence-corrected chi connectivity index (χ0v) is 10.7. The molecule has 2 nitrogen and oxygen atoms in total. The molecule has 0 saturated heterocycles. The first-order valence-electron chi connectivity index (χ1n) is 5.74. The molecule has 90 valence electrons. The van der Waals surface area contributed by atoms with Gasteiger partial charge in [-0.1, -0.05) is 18.2 Å². The highest BCUT2D eigenvalue weighted by Gasteiger charge is 2.07. The molecule has 17 heavy (non-hydrogen) atoms. The van der Waals surface area contributed by atoms with Gasteiger partial charge in [0.2, 0.25) is 0 Å². The molecular weight excluding hydrogens is 230 g/mol. The summed E-state index contributed by atoms with van der Waals surface area (Å²) in [4.78, 5) is 1.31. The van der Waals surface area contributed by atoms with E-state index in [9.17, 15) is 0 Å². The third-order valence-corrected chi connectivity index (χ3v) is 3.50. The van der Waals surface area contributed by atoms with Crippen LogP contribution in [0.15, 0.2) is 41.8 Å². The topological polar surface area (TPSA) is 35.2 Å². The molecule has 3 heteroatoms. The minimum Gasteiger partial charge on any atom is -0.494 e. The number of ether oxygens (including phenoxy) is 1. The maximum absolute atomic E-state index is 6.10. The van der Waals surface area contributed by atoms with Gasteiger partial charge in [0, 0.05) is 17.3 Å². The molecule has 1 unspecified atom stereocenters. The van der Waals surface area contributed by atoms with Crippen molar-refractivity contribution < 1.29 is 4.74 Å². The van der Waals surface area contributed by atoms with Crippen LogP contribution in [0.4, 0.5) is 0 Å². The minimum absolute atomic E-state index is 0.0728. The lowest BCUT2D eigenvalue weighted by atomic mass is 10.1. The van der Waals surface area contributed by atoms with Crippen molar-refractivity contribution in [3.63, 3.8) is 0 Å². The summed E-state index contributed by atoms with van der Waals surface area (Å²) in [5.74, 6) is 0.904. The summed E-state index contributed by atoms with van der Waals surface area (Å²) in [6, 6.07) is 12.1. The van der Waals surface area contributed by atoms with Gasteiger partial charge in [0.15, 0.2) is 0 Å². The van der Waals surface area contributed by atoms with Crippen LogP contribution in [0.3, 0.4) is 0 Å². The van der Waals surface area contributed by atoms with E-state index in [-0.39, 0.29) is 6.04 Å². The number of para-hydroxylation sites is 1. The zero-order chi connectivity index (χ0) is 12.1. The lowest BCUT2D eigenvalue weighted by Gasteiger charge is -2.11. The molecular formula is C14H17NOS. The number of benzene rings is 1. The number of aryl methyl sites for hydroxylation is 1. The Bertz CT molecular complexity index is 452. The highest BCUT2D eigenvalue weighted by molar-refractivity contribution is 7.10. The van der Waals surface area contributed by atoms with Crippen LogP contribution in [0.25, 0.3) is 0 Å². The van der Waals surface area contributed by atoms with E-state index in [1.165, 1.54) is 10.4 Å². The second-order valence-electron chi connectivity index (χ2n) is 4.05. The first kappa shape index (κ1) is 12.1. The van der Waals surface area contributed by atoms with E-state index < -0.39 is 0 Å². The molecule has 0 aliphatic rings. The molecule has 1 atom stereocenters. The van der Waals surface area contributed by atoms with Crippen molar-refractivity contribution in [3.8, 4) is 5.75 Å². The zero-order valence-electron chi connectivity index (χ0n) is 9.93. The Balaban J connectivity index is 1.79. The number of hydrogen-bond donors (Lipinski definition) is 1. The Morgan fingerprint density at radius 3 is 2.71 bits per heavy atom. The van der Waals surface area contributed by atoms with E-state index in [4.69, 9.17) is 10.5 Å². The van der Waals surface area contributed by atoms with E-state index >= 15 is 0 Å². The van der Waals surface area contributed by atoms with Gasteiger partial charge in [-0.2, -0.15) is 0 Å². The first-order valence-corrected chi connectivity index (χ1v) is 6.62. The number of rotatable bonds is 5. The van der Waals surface area contributed by atoms with Gasteiger partial charge in [-0.05, 0) is 36.1 Å². The van der Waals surface area contributed by atoms with Crippen LogP contribution in [0.1, 0.15) is 22.9 Å². The van der Waals surface area contributed by atoms with E-state index in [0.29, 0.717) is 6.61 Å². The van der Waals surface area contributed by atoms with E-state index in [2.05, 4.69) is 18.4 Å². The third-order valence-electron chi connectivity index (χ3n) is 2.62. The molecule has 0 fully saturated rings. The Labute approximate surface area is 106 Å². The second-order valence-corrected chi connectivity index (χ2v) is 5.16. The lowest BCUT2D eigenvalue weighted by Crippen LogP contribution is -2.13. The van der Waals surface area contributed by atoms with E-state index in [1.807, 2.05) is 30.3 Å². The maximum Gasteiger partial charge on any atom is 0.119 e. The molecule has 0 spiro atoms. The Morgan fingerprint density at radius 1 is 1.29 bits per heavy atom. The van der Waals surface area contributed by atoms with Crippen LogP contribution < -0.4 is 10.5 Å². The number of hydrogen-bond acceptors (Lipinski definition) is 3. The molecule has 1 aromatic carbocycles. The standard InChI is InChI=1S/C14H17NOS/c1-11-9-12(10-17-11)14(15)7-8-16-13-5-3-2-4-6-13/h2-6,9-10,14H,7-8,15H2,1H3. The summed E-state index contributed by atoms with van der Waals surface area (Å²) < 4.78 is 5.63. The van der Waals surface area contributed by atoms with Crippen molar-refractivity contribution >= 4 is 11.3 Å². The normalized spacial score (nSPS) is 12.4. The van der Waals surface area contributed by atoms with E-state index in [1.54, 1.807) is 11.3 Å². The molecule has 1 aromatic heterocycles. The van der Waals surface area contributed by atoms with Gasteiger partial charge < -0.3 is 10.5 Å². The average molecular weight is 247 g/mol. The molecule has 2 rings (SSSR count). The van der Waals surface area contributed by atoms with Crippen molar-refractivity contribution in [2.75, 3.05) is 6.61 Å². The molecule has 1 heterocycles. The van der Waals surface area contributed by atoms with Crippen molar-refractivity contribution in [1.82, 2.24) is 0 Å². The molecule has 0 saturated carbocycles. The fourth-order valence-electron chi connectivity index (χ4n) is 1.65. The largest absolute Gasteiger partial charge is 0.494 e. The second kappa shape index (κ2) is 5.84. The van der Waals surface area contributed by atoms with Crippen LogP contribution in [0, 0.1) is 6.92 Å². The smallest absolute Gasteiger partial charge is 0.119 e. The molecule has 0 aliphatic carbocycles. The summed E-state index contributed by atoms with van der Waals surface area (Å²) in [7, 11) is 0. The van der Waals surface area contributed by atoms with Crippen LogP contribution in [-0.2, 0) is 0 Å². The van der Waals surface area contributed by atoms with Gasteiger partial charge >= 0.3 is 0 Å². The Morgan fingerprint density at radius 2 is 2.06 bits per heavy atom. The van der Waals surface area contributed by atoms with Crippen molar-refractivity contribution in [2.24, 2.45) is 5.73 Å². The predicted octanol–water partition coefficient (Wildman–Crippen LogP) is 3.53. The quantitative estimate of drug-likeness (QED) is 0.877. The summed E-state index contributed by atoms with van der Waals surface area (Å²) in [6.07, 6.45) is 0.838. The lowest BCUT2D eigenvalue weighted by molar-refractivity contribution is 0.298. The highest BCUT2D eigenvalue weighted by Crippen LogP contribution is 2.21. The van der Waals surface area contributed by atoms with Gasteiger partial charge in [-0.3, -0.25) is 0 Å². The van der Waals surface area contributed by atoms with Crippen LogP contribution >= 0.6 is 11.3 Å². The molecule has 2 aromatic rings. The van der Waals surface area contributed by atoms with Crippen molar-refractivity contribution in [1.29, 1.82) is 0 Å². The van der Waals surface area contributed by atoms with Gasteiger partial charge in [-0.15, -0.1) is 11.3 Å². The molecule has 2 N–H and O–H groups in total. The summed E-state index contributed by atoms with van der Waals surface area (Å²) in [5, 5.41) is 2.13. The molecule has 0 aliphatic heterocycles. The van der Waals surface area contributed by atoms with Gasteiger partial charge in [0.25, 0.3) is 0 Å². The monoisotopic (exact) mass is 247 g/mol. The fourth-order valence-corrected chi connectivity index (χ4v) is 2.41. The van der Waals surface area contributed by atoms with Crippen LogP contribution in [0.2, 0.25) is 0 Å². The maximum atomic E-state index is 6.10.